The molecule has 3 rings (SSSR count). The Balaban J connectivity index is 1.80. The summed E-state index contributed by atoms with van der Waals surface area (Å²) >= 11 is 1.67. The van der Waals surface area contributed by atoms with E-state index < -0.39 is 6.04 Å². The highest BCUT2D eigenvalue weighted by atomic mass is 32.2. The van der Waals surface area contributed by atoms with E-state index in [1.807, 2.05) is 13.8 Å². The van der Waals surface area contributed by atoms with Crippen LogP contribution < -0.4 is 0 Å². The minimum Gasteiger partial charge on any atom is -0.337 e. The molecule has 2 aliphatic rings. The lowest BCUT2D eigenvalue weighted by molar-refractivity contribution is -0.144. The molecule has 2 saturated heterocycles. The molecule has 1 aromatic rings. The zero-order valence-corrected chi connectivity index (χ0v) is 14.4. The molecular weight excluding hydrogens is 315 g/mol. The summed E-state index contributed by atoms with van der Waals surface area (Å²) in [5.41, 5.74) is 0.490. The van der Waals surface area contributed by atoms with Crippen molar-refractivity contribution in [2.45, 2.75) is 43.6 Å². The van der Waals surface area contributed by atoms with Crippen molar-refractivity contribution in [3.63, 3.8) is 0 Å². The van der Waals surface area contributed by atoms with Crippen molar-refractivity contribution < 1.29 is 14.0 Å². The normalized spacial score (nSPS) is 27.9. The standard InChI is InChI=1S/C17H21FN2O2S/c1-11(12-6-4-5-7-13(12)18)19(3)16(22)14-10-23-17(2)9-8-15(21)20(14)17/h4-7,11,14H,8-10H2,1-3H3. The fourth-order valence-electron chi connectivity index (χ4n) is 3.45. The van der Waals surface area contributed by atoms with Gasteiger partial charge in [0, 0.05) is 24.8 Å². The molecule has 2 aliphatic heterocycles. The van der Waals surface area contributed by atoms with Gasteiger partial charge in [0.2, 0.25) is 11.8 Å². The van der Waals surface area contributed by atoms with Gasteiger partial charge in [0.05, 0.1) is 10.9 Å². The fraction of sp³-hybridized carbons (Fsp3) is 0.529. The zero-order chi connectivity index (χ0) is 16.8. The second-order valence-electron chi connectivity index (χ2n) is 6.41. The molecule has 2 amide bonds. The highest BCUT2D eigenvalue weighted by Gasteiger charge is 2.53. The number of carbonyl (C=O) groups excluding carboxylic acids is 2. The summed E-state index contributed by atoms with van der Waals surface area (Å²) < 4.78 is 14.0. The molecule has 3 unspecified atom stereocenters. The highest BCUT2D eigenvalue weighted by molar-refractivity contribution is 8.01. The molecule has 0 radical (unpaired) electrons. The Hall–Kier alpha value is -1.56. The van der Waals surface area contributed by atoms with E-state index in [0.717, 1.165) is 6.42 Å². The van der Waals surface area contributed by atoms with Gasteiger partial charge < -0.3 is 9.80 Å². The van der Waals surface area contributed by atoms with Crippen LogP contribution in [0.25, 0.3) is 0 Å². The molecule has 23 heavy (non-hydrogen) atoms. The lowest BCUT2D eigenvalue weighted by Gasteiger charge is -2.34. The molecule has 0 aliphatic carbocycles. The molecule has 1 aromatic carbocycles. The summed E-state index contributed by atoms with van der Waals surface area (Å²) in [6, 6.07) is 5.67. The van der Waals surface area contributed by atoms with Crippen LogP contribution in [0, 0.1) is 5.82 Å². The molecule has 0 spiro atoms. The zero-order valence-electron chi connectivity index (χ0n) is 13.6. The molecule has 3 atom stereocenters. The van der Waals surface area contributed by atoms with E-state index in [9.17, 15) is 14.0 Å². The summed E-state index contributed by atoms with van der Waals surface area (Å²) in [7, 11) is 1.68. The van der Waals surface area contributed by atoms with Crippen LogP contribution in [-0.4, -0.2) is 45.3 Å². The van der Waals surface area contributed by atoms with E-state index in [1.165, 1.54) is 6.07 Å². The molecule has 2 fully saturated rings. The number of halogens is 1. The Morgan fingerprint density at radius 3 is 2.87 bits per heavy atom. The molecule has 6 heteroatoms. The van der Waals surface area contributed by atoms with Crippen molar-refractivity contribution >= 4 is 23.6 Å². The van der Waals surface area contributed by atoms with Crippen molar-refractivity contribution in [1.82, 2.24) is 9.80 Å². The van der Waals surface area contributed by atoms with Gasteiger partial charge in [-0.15, -0.1) is 11.8 Å². The van der Waals surface area contributed by atoms with Gasteiger partial charge in [0.1, 0.15) is 11.9 Å². The third-order valence-corrected chi connectivity index (χ3v) is 6.52. The molecule has 2 heterocycles. The SMILES string of the molecule is CC(c1ccccc1F)N(C)C(=O)C1CSC2(C)CCC(=O)N12. The minimum atomic E-state index is -0.445. The minimum absolute atomic E-state index is 0.0443. The Morgan fingerprint density at radius 1 is 1.48 bits per heavy atom. The van der Waals surface area contributed by atoms with Crippen LogP contribution >= 0.6 is 11.8 Å². The number of rotatable bonds is 3. The van der Waals surface area contributed by atoms with Gasteiger partial charge in [-0.3, -0.25) is 9.59 Å². The third-order valence-electron chi connectivity index (χ3n) is 5.01. The number of fused-ring (bicyclic) bond motifs is 1. The number of thioether (sulfide) groups is 1. The maximum absolute atomic E-state index is 14.0. The fourth-order valence-corrected chi connectivity index (χ4v) is 4.88. The Bertz CT molecular complexity index is 653. The van der Waals surface area contributed by atoms with Gasteiger partial charge in [-0.05, 0) is 26.3 Å². The summed E-state index contributed by atoms with van der Waals surface area (Å²) in [5.74, 6) is 0.215. The highest BCUT2D eigenvalue weighted by Crippen LogP contribution is 2.47. The first-order chi connectivity index (χ1) is 10.8. The second kappa shape index (κ2) is 5.82. The second-order valence-corrected chi connectivity index (χ2v) is 7.91. The molecule has 4 nitrogen and oxygen atoms in total. The average Bonchev–Trinajstić information content (AvgIpc) is 3.02. The first-order valence-electron chi connectivity index (χ1n) is 7.82. The smallest absolute Gasteiger partial charge is 0.246 e. The lowest BCUT2D eigenvalue weighted by atomic mass is 10.1. The summed E-state index contributed by atoms with van der Waals surface area (Å²) in [4.78, 5) is 28.1. The number of hydrogen-bond donors (Lipinski definition) is 0. The number of nitrogens with zero attached hydrogens (tertiary/aromatic N) is 2. The maximum Gasteiger partial charge on any atom is 0.246 e. The van der Waals surface area contributed by atoms with E-state index in [2.05, 4.69) is 0 Å². The van der Waals surface area contributed by atoms with Crippen LogP contribution in [-0.2, 0) is 9.59 Å². The summed E-state index contributed by atoms with van der Waals surface area (Å²) in [5, 5.41) is 0. The monoisotopic (exact) mass is 336 g/mol. The topological polar surface area (TPSA) is 40.6 Å². The molecule has 0 N–H and O–H groups in total. The van der Waals surface area contributed by atoms with Gasteiger partial charge in [0.25, 0.3) is 0 Å². The number of hydrogen-bond acceptors (Lipinski definition) is 3. The Labute approximate surface area is 140 Å². The molecule has 124 valence electrons. The van der Waals surface area contributed by atoms with Crippen LogP contribution in [0.3, 0.4) is 0 Å². The maximum atomic E-state index is 14.0. The predicted octanol–water partition coefficient (Wildman–Crippen LogP) is 2.80. The first-order valence-corrected chi connectivity index (χ1v) is 8.81. The van der Waals surface area contributed by atoms with E-state index in [1.54, 1.807) is 46.8 Å². The van der Waals surface area contributed by atoms with Gasteiger partial charge in [-0.25, -0.2) is 4.39 Å². The molecule has 0 aromatic heterocycles. The van der Waals surface area contributed by atoms with E-state index >= 15 is 0 Å². The molecular formula is C17H21FN2O2S. The van der Waals surface area contributed by atoms with Crippen molar-refractivity contribution in [2.75, 3.05) is 12.8 Å². The summed E-state index contributed by atoms with van der Waals surface area (Å²) in [6.07, 6.45) is 1.28. The van der Waals surface area contributed by atoms with E-state index in [4.69, 9.17) is 0 Å². The van der Waals surface area contributed by atoms with Crippen molar-refractivity contribution in [3.05, 3.63) is 35.6 Å². The molecule has 0 saturated carbocycles. The predicted molar refractivity (Wildman–Crippen MR) is 88.3 cm³/mol. The van der Waals surface area contributed by atoms with Crippen molar-refractivity contribution in [2.24, 2.45) is 0 Å². The number of benzene rings is 1. The number of likely N-dealkylation sites (N-methyl/N-ethyl adjacent to an activating group) is 1. The third kappa shape index (κ3) is 2.63. The average molecular weight is 336 g/mol. The number of carbonyl (C=O) groups is 2. The first kappa shape index (κ1) is 16.3. The summed E-state index contributed by atoms with van der Waals surface area (Å²) in [6.45, 7) is 3.83. The number of amides is 2. The van der Waals surface area contributed by atoms with Crippen LogP contribution in [0.5, 0.6) is 0 Å². The largest absolute Gasteiger partial charge is 0.337 e. The van der Waals surface area contributed by atoms with Crippen molar-refractivity contribution in [1.29, 1.82) is 0 Å². The van der Waals surface area contributed by atoms with Crippen LogP contribution in [0.15, 0.2) is 24.3 Å². The van der Waals surface area contributed by atoms with Gasteiger partial charge in [-0.2, -0.15) is 0 Å². The van der Waals surface area contributed by atoms with Crippen LogP contribution in [0.4, 0.5) is 4.39 Å². The quantitative estimate of drug-likeness (QED) is 0.852. The van der Waals surface area contributed by atoms with Crippen LogP contribution in [0.1, 0.15) is 38.3 Å². The van der Waals surface area contributed by atoms with E-state index in [-0.39, 0.29) is 28.5 Å². The molecule has 0 bridgehead atoms. The lowest BCUT2D eigenvalue weighted by Crippen LogP contribution is -2.50. The Kier molecular flexibility index (Phi) is 4.12. The van der Waals surface area contributed by atoms with Gasteiger partial charge >= 0.3 is 0 Å². The Morgan fingerprint density at radius 2 is 2.17 bits per heavy atom. The van der Waals surface area contributed by atoms with Crippen molar-refractivity contribution in [3.8, 4) is 0 Å². The van der Waals surface area contributed by atoms with E-state index in [0.29, 0.717) is 17.7 Å². The van der Waals surface area contributed by atoms with Crippen LogP contribution in [0.2, 0.25) is 0 Å². The van der Waals surface area contributed by atoms with Gasteiger partial charge in [-0.1, -0.05) is 18.2 Å². The van der Waals surface area contributed by atoms with Gasteiger partial charge in [0.15, 0.2) is 0 Å².